The second kappa shape index (κ2) is 5.39. The largest absolute Gasteiger partial charge is 0.419 e. The predicted octanol–water partition coefficient (Wildman–Crippen LogP) is 2.72. The van der Waals surface area contributed by atoms with E-state index in [9.17, 15) is 17.6 Å². The number of nitrogens with one attached hydrogen (secondary N) is 1. The first kappa shape index (κ1) is 15.6. The lowest BCUT2D eigenvalue weighted by Gasteiger charge is -2.10. The third-order valence-corrected chi connectivity index (χ3v) is 5.08. The van der Waals surface area contributed by atoms with Crippen LogP contribution in [0.15, 0.2) is 50.5 Å². The molecule has 2 aromatic carbocycles. The van der Waals surface area contributed by atoms with Gasteiger partial charge in [-0.05, 0) is 18.2 Å². The van der Waals surface area contributed by atoms with Crippen molar-refractivity contribution in [1.29, 1.82) is 0 Å². The number of hydrogen-bond donors (Lipinski definition) is 1. The van der Waals surface area contributed by atoms with Gasteiger partial charge in [-0.15, -0.1) is 0 Å². The van der Waals surface area contributed by atoms with E-state index in [1.54, 1.807) is 0 Å². The average molecular weight is 357 g/mol. The van der Waals surface area contributed by atoms with Crippen LogP contribution in [0.5, 0.6) is 0 Å². The van der Waals surface area contributed by atoms with Gasteiger partial charge in [0.1, 0.15) is 10.7 Å². The van der Waals surface area contributed by atoms with Crippen LogP contribution in [-0.2, 0) is 17.1 Å². The summed E-state index contributed by atoms with van der Waals surface area (Å²) in [6.45, 7) is 0. The van der Waals surface area contributed by atoms with Gasteiger partial charge < -0.3 is 4.42 Å². The number of nitrogens with zero attached hydrogens (tertiary/aromatic N) is 1. The molecule has 0 saturated heterocycles. The Bertz CT molecular complexity index is 1070. The van der Waals surface area contributed by atoms with Crippen molar-refractivity contribution in [2.45, 2.75) is 4.90 Å². The Morgan fingerprint density at radius 3 is 2.65 bits per heavy atom. The fourth-order valence-electron chi connectivity index (χ4n) is 2.08. The summed E-state index contributed by atoms with van der Waals surface area (Å²) in [5.74, 6) is -1.37. The molecule has 0 unspecified atom stereocenters. The summed E-state index contributed by atoms with van der Waals surface area (Å²) in [6.07, 6.45) is 0. The molecule has 0 atom stereocenters. The van der Waals surface area contributed by atoms with Crippen LogP contribution in [0.25, 0.3) is 11.1 Å². The molecule has 0 bridgehead atoms. The van der Waals surface area contributed by atoms with E-state index in [0.29, 0.717) is 5.52 Å². The lowest BCUT2D eigenvalue weighted by Crippen LogP contribution is -2.14. The molecule has 0 spiro atoms. The van der Waals surface area contributed by atoms with Gasteiger partial charge in [-0.25, -0.2) is 17.6 Å². The summed E-state index contributed by atoms with van der Waals surface area (Å²) < 4.78 is 46.7. The molecule has 3 aromatic rings. The van der Waals surface area contributed by atoms with Gasteiger partial charge in [-0.3, -0.25) is 9.29 Å². The van der Waals surface area contributed by atoms with E-state index in [1.165, 1.54) is 35.9 Å². The van der Waals surface area contributed by atoms with E-state index < -0.39 is 21.6 Å². The number of oxazole rings is 1. The van der Waals surface area contributed by atoms with E-state index >= 15 is 0 Å². The minimum absolute atomic E-state index is 0.0656. The Balaban J connectivity index is 2.13. The number of anilines is 1. The molecule has 0 aliphatic heterocycles. The van der Waals surface area contributed by atoms with E-state index in [1.807, 2.05) is 0 Å². The van der Waals surface area contributed by atoms with Crippen LogP contribution in [0.3, 0.4) is 0 Å². The quantitative estimate of drug-likeness (QED) is 0.782. The van der Waals surface area contributed by atoms with Crippen molar-refractivity contribution in [3.05, 3.63) is 57.8 Å². The number of aryl methyl sites for hydroxylation is 1. The molecule has 0 aliphatic carbocycles. The summed E-state index contributed by atoms with van der Waals surface area (Å²) in [7, 11) is -2.69. The highest BCUT2D eigenvalue weighted by Crippen LogP contribution is 2.29. The minimum atomic E-state index is -4.15. The molecule has 1 aromatic heterocycles. The molecule has 0 fully saturated rings. The zero-order valence-corrected chi connectivity index (χ0v) is 13.3. The summed E-state index contributed by atoms with van der Waals surface area (Å²) in [6, 6.07) is 7.76. The first-order valence-corrected chi connectivity index (χ1v) is 8.22. The highest BCUT2D eigenvalue weighted by molar-refractivity contribution is 7.92. The fraction of sp³-hybridized carbons (Fsp3) is 0.0714. The maximum Gasteiger partial charge on any atom is 0.419 e. The number of para-hydroxylation sites is 1. The van der Waals surface area contributed by atoms with E-state index in [0.717, 1.165) is 12.1 Å². The molecule has 120 valence electrons. The highest BCUT2D eigenvalue weighted by atomic mass is 35.5. The maximum atomic E-state index is 13.6. The maximum absolute atomic E-state index is 13.6. The Hall–Kier alpha value is -2.32. The highest BCUT2D eigenvalue weighted by Gasteiger charge is 2.22. The summed E-state index contributed by atoms with van der Waals surface area (Å²) in [5.41, 5.74) is 0.207. The van der Waals surface area contributed by atoms with E-state index in [4.69, 9.17) is 16.0 Å². The molecular weight excluding hydrogens is 347 g/mol. The van der Waals surface area contributed by atoms with Crippen LogP contribution in [0.2, 0.25) is 5.02 Å². The normalized spacial score (nSPS) is 11.8. The SMILES string of the molecule is Cn1c(=O)oc2cc(S(=O)(=O)Nc3ccccc3F)c(Cl)cc21. The lowest BCUT2D eigenvalue weighted by atomic mass is 10.3. The standard InChI is InChI=1S/C14H10ClFN2O4S/c1-18-11-6-8(15)13(7-12(11)22-14(18)19)23(20,21)17-10-5-3-2-4-9(10)16/h2-7,17H,1H3. The smallest absolute Gasteiger partial charge is 0.408 e. The molecule has 3 rings (SSSR count). The van der Waals surface area contributed by atoms with Gasteiger partial charge in [0.2, 0.25) is 0 Å². The lowest BCUT2D eigenvalue weighted by molar-refractivity contribution is 0.527. The van der Waals surface area contributed by atoms with Crippen molar-refractivity contribution in [3.63, 3.8) is 0 Å². The van der Waals surface area contributed by atoms with Crippen molar-refractivity contribution in [1.82, 2.24) is 4.57 Å². The molecule has 23 heavy (non-hydrogen) atoms. The Morgan fingerprint density at radius 1 is 1.26 bits per heavy atom. The summed E-state index contributed by atoms with van der Waals surface area (Å²) >= 11 is 6.01. The Morgan fingerprint density at radius 2 is 1.96 bits per heavy atom. The number of sulfonamides is 1. The van der Waals surface area contributed by atoms with Crippen molar-refractivity contribution < 1.29 is 17.2 Å². The molecule has 0 saturated carbocycles. The molecule has 0 amide bonds. The predicted molar refractivity (Wildman–Crippen MR) is 83.7 cm³/mol. The third-order valence-electron chi connectivity index (χ3n) is 3.25. The van der Waals surface area contributed by atoms with Crippen molar-refractivity contribution >= 4 is 38.4 Å². The molecule has 9 heteroatoms. The van der Waals surface area contributed by atoms with Crippen LogP contribution in [0.4, 0.5) is 10.1 Å². The fourth-order valence-corrected chi connectivity index (χ4v) is 3.68. The minimum Gasteiger partial charge on any atom is -0.408 e. The number of benzene rings is 2. The van der Waals surface area contributed by atoms with Gasteiger partial charge in [0.15, 0.2) is 5.58 Å². The number of fused-ring (bicyclic) bond motifs is 1. The van der Waals surface area contributed by atoms with Gasteiger partial charge >= 0.3 is 5.76 Å². The number of hydrogen-bond acceptors (Lipinski definition) is 4. The molecule has 6 nitrogen and oxygen atoms in total. The monoisotopic (exact) mass is 356 g/mol. The van der Waals surface area contributed by atoms with Gasteiger partial charge in [0, 0.05) is 13.1 Å². The number of rotatable bonds is 3. The Kier molecular flexibility index (Phi) is 3.65. The molecule has 0 radical (unpaired) electrons. The first-order chi connectivity index (χ1) is 10.8. The van der Waals surface area contributed by atoms with Crippen LogP contribution in [-0.4, -0.2) is 13.0 Å². The zero-order valence-electron chi connectivity index (χ0n) is 11.7. The van der Waals surface area contributed by atoms with Crippen LogP contribution < -0.4 is 10.5 Å². The molecule has 1 heterocycles. The van der Waals surface area contributed by atoms with Crippen molar-refractivity contribution in [2.24, 2.45) is 7.05 Å². The number of halogens is 2. The zero-order chi connectivity index (χ0) is 16.8. The van der Waals surface area contributed by atoms with Crippen molar-refractivity contribution in [2.75, 3.05) is 4.72 Å². The first-order valence-electron chi connectivity index (χ1n) is 6.36. The molecule has 0 aliphatic rings. The second-order valence-electron chi connectivity index (χ2n) is 4.76. The van der Waals surface area contributed by atoms with Gasteiger partial charge in [-0.2, -0.15) is 0 Å². The third kappa shape index (κ3) is 2.71. The average Bonchev–Trinajstić information content (AvgIpc) is 2.76. The van der Waals surface area contributed by atoms with Crippen LogP contribution in [0, 0.1) is 5.82 Å². The molecular formula is C14H10ClFN2O4S. The summed E-state index contributed by atoms with van der Waals surface area (Å²) in [5, 5.41) is -0.113. The molecule has 1 N–H and O–H groups in total. The van der Waals surface area contributed by atoms with Crippen LogP contribution in [0.1, 0.15) is 0 Å². The van der Waals surface area contributed by atoms with Gasteiger partial charge in [-0.1, -0.05) is 23.7 Å². The Labute approximate surface area is 135 Å². The number of aromatic nitrogens is 1. The van der Waals surface area contributed by atoms with Crippen molar-refractivity contribution in [3.8, 4) is 0 Å². The van der Waals surface area contributed by atoms with E-state index in [2.05, 4.69) is 4.72 Å². The van der Waals surface area contributed by atoms with Gasteiger partial charge in [0.25, 0.3) is 10.0 Å². The summed E-state index contributed by atoms with van der Waals surface area (Å²) in [4.78, 5) is 11.2. The second-order valence-corrected chi connectivity index (χ2v) is 6.82. The van der Waals surface area contributed by atoms with Crippen LogP contribution >= 0.6 is 11.6 Å². The van der Waals surface area contributed by atoms with Gasteiger partial charge in [0.05, 0.1) is 16.2 Å². The topological polar surface area (TPSA) is 81.3 Å². The van der Waals surface area contributed by atoms with E-state index in [-0.39, 0.29) is 21.2 Å².